The SMILES string of the molecule is CO[C@H]1CC[C@]2(C)[C@H]3CC[C@H]4C(=C[C@]3(C)CC[C@H]2C1(C)C)CC[C@H]1[C@](C)(C=O)[C@@H](O)CC[C@]41C. The number of rotatable bonds is 2. The van der Waals surface area contributed by atoms with E-state index in [4.69, 9.17) is 4.74 Å². The van der Waals surface area contributed by atoms with Crippen LogP contribution in [-0.4, -0.2) is 30.7 Å². The maximum absolute atomic E-state index is 12.3. The van der Waals surface area contributed by atoms with Crippen molar-refractivity contribution < 1.29 is 14.6 Å². The van der Waals surface area contributed by atoms with E-state index in [2.05, 4.69) is 40.7 Å². The molecule has 3 heteroatoms. The molecule has 0 spiro atoms. The molecular weight excluding hydrogens is 420 g/mol. The van der Waals surface area contributed by atoms with Crippen LogP contribution in [0.5, 0.6) is 0 Å². The molecule has 0 radical (unpaired) electrons. The molecule has 0 aliphatic heterocycles. The van der Waals surface area contributed by atoms with Gasteiger partial charge >= 0.3 is 0 Å². The fraction of sp³-hybridized carbons (Fsp3) is 0.903. The number of carbonyl (C=O) groups is 1. The van der Waals surface area contributed by atoms with Crippen LogP contribution in [0.2, 0.25) is 0 Å². The van der Waals surface area contributed by atoms with Crippen molar-refractivity contribution in [2.45, 2.75) is 118 Å². The molecule has 0 aromatic heterocycles. The Morgan fingerprint density at radius 2 is 1.56 bits per heavy atom. The highest BCUT2D eigenvalue weighted by atomic mass is 16.5. The van der Waals surface area contributed by atoms with E-state index < -0.39 is 11.5 Å². The van der Waals surface area contributed by atoms with Crippen molar-refractivity contribution in [2.75, 3.05) is 7.11 Å². The third kappa shape index (κ3) is 3.17. The molecule has 4 saturated carbocycles. The Labute approximate surface area is 208 Å². The summed E-state index contributed by atoms with van der Waals surface area (Å²) in [5.74, 6) is 2.27. The Balaban J connectivity index is 1.51. The summed E-state index contributed by atoms with van der Waals surface area (Å²) >= 11 is 0. The van der Waals surface area contributed by atoms with Crippen LogP contribution in [0, 0.1) is 50.7 Å². The molecule has 0 amide bonds. The molecule has 0 aromatic carbocycles. The first-order valence-electron chi connectivity index (χ1n) is 14.3. The van der Waals surface area contributed by atoms with Gasteiger partial charge in [0.25, 0.3) is 0 Å². The first-order valence-corrected chi connectivity index (χ1v) is 14.3. The lowest BCUT2D eigenvalue weighted by atomic mass is 9.42. The number of carbonyl (C=O) groups excluding carboxylic acids is 1. The molecule has 4 fully saturated rings. The highest BCUT2D eigenvalue weighted by molar-refractivity contribution is 5.61. The van der Waals surface area contributed by atoms with Gasteiger partial charge in [-0.05, 0) is 110 Å². The summed E-state index contributed by atoms with van der Waals surface area (Å²) in [7, 11) is 1.91. The Bertz CT molecular complexity index is 861. The van der Waals surface area contributed by atoms with Crippen LogP contribution in [0.25, 0.3) is 0 Å². The number of methoxy groups -OCH3 is 1. The van der Waals surface area contributed by atoms with E-state index in [1.807, 2.05) is 14.0 Å². The summed E-state index contributed by atoms with van der Waals surface area (Å²) in [5, 5.41) is 10.8. The summed E-state index contributed by atoms with van der Waals surface area (Å²) in [4.78, 5) is 12.3. The second kappa shape index (κ2) is 7.91. The topological polar surface area (TPSA) is 46.5 Å². The van der Waals surface area contributed by atoms with Gasteiger partial charge in [-0.15, -0.1) is 0 Å². The zero-order valence-corrected chi connectivity index (χ0v) is 23.0. The van der Waals surface area contributed by atoms with Gasteiger partial charge in [-0.25, -0.2) is 0 Å². The second-order valence-electron chi connectivity index (χ2n) is 14.7. The van der Waals surface area contributed by atoms with Gasteiger partial charge < -0.3 is 14.6 Å². The molecule has 34 heavy (non-hydrogen) atoms. The van der Waals surface area contributed by atoms with E-state index in [0.29, 0.717) is 29.3 Å². The average molecular weight is 471 g/mol. The molecule has 1 N–H and O–H groups in total. The van der Waals surface area contributed by atoms with Gasteiger partial charge in [0.1, 0.15) is 6.29 Å². The molecule has 0 aromatic rings. The monoisotopic (exact) mass is 470 g/mol. The van der Waals surface area contributed by atoms with Crippen molar-refractivity contribution in [3.63, 3.8) is 0 Å². The van der Waals surface area contributed by atoms with Crippen LogP contribution in [0.15, 0.2) is 11.6 Å². The van der Waals surface area contributed by atoms with Gasteiger partial charge in [-0.2, -0.15) is 0 Å². The van der Waals surface area contributed by atoms with Crippen molar-refractivity contribution in [2.24, 2.45) is 50.7 Å². The molecule has 0 unspecified atom stereocenters. The molecule has 3 nitrogen and oxygen atoms in total. The van der Waals surface area contributed by atoms with Crippen LogP contribution in [0.4, 0.5) is 0 Å². The van der Waals surface area contributed by atoms with E-state index >= 15 is 0 Å². The summed E-state index contributed by atoms with van der Waals surface area (Å²) in [6.45, 7) is 14.7. The third-order valence-electron chi connectivity index (χ3n) is 13.0. The zero-order valence-electron chi connectivity index (χ0n) is 23.0. The van der Waals surface area contributed by atoms with E-state index in [0.717, 1.165) is 32.0 Å². The maximum atomic E-state index is 12.3. The number of hydrogen-bond donors (Lipinski definition) is 1. The molecule has 5 aliphatic rings. The van der Waals surface area contributed by atoms with Crippen molar-refractivity contribution in [3.05, 3.63) is 11.6 Å². The van der Waals surface area contributed by atoms with E-state index in [9.17, 15) is 9.90 Å². The highest BCUT2D eigenvalue weighted by Gasteiger charge is 2.63. The van der Waals surface area contributed by atoms with Gasteiger partial charge in [0.15, 0.2) is 0 Å². The Hall–Kier alpha value is -0.670. The Morgan fingerprint density at radius 1 is 0.853 bits per heavy atom. The van der Waals surface area contributed by atoms with Crippen LogP contribution in [0.1, 0.15) is 106 Å². The fourth-order valence-electron chi connectivity index (χ4n) is 11.3. The minimum atomic E-state index is -0.596. The summed E-state index contributed by atoms with van der Waals surface area (Å²) in [6, 6.07) is 0. The summed E-state index contributed by atoms with van der Waals surface area (Å²) < 4.78 is 6.01. The maximum Gasteiger partial charge on any atom is 0.128 e. The normalized spacial score (nSPS) is 54.4. The number of aliphatic hydroxyl groups is 1. The average Bonchev–Trinajstić information content (AvgIpc) is 2.93. The summed E-state index contributed by atoms with van der Waals surface area (Å²) in [6.07, 6.45) is 15.3. The first kappa shape index (κ1) is 25.0. The third-order valence-corrected chi connectivity index (χ3v) is 13.0. The quantitative estimate of drug-likeness (QED) is 0.350. The lowest BCUT2D eigenvalue weighted by Crippen LogP contribution is -2.58. The predicted octanol–water partition coefficient (Wildman–Crippen LogP) is 6.97. The van der Waals surface area contributed by atoms with Crippen LogP contribution < -0.4 is 0 Å². The highest BCUT2D eigenvalue weighted by Crippen LogP contribution is 2.69. The molecule has 0 bridgehead atoms. The fourth-order valence-corrected chi connectivity index (χ4v) is 11.3. The molecule has 10 atom stereocenters. The van der Waals surface area contributed by atoms with Crippen LogP contribution in [0.3, 0.4) is 0 Å². The van der Waals surface area contributed by atoms with Crippen molar-refractivity contribution in [1.82, 2.24) is 0 Å². The van der Waals surface area contributed by atoms with Crippen LogP contribution >= 0.6 is 0 Å². The molecule has 5 aliphatic carbocycles. The second-order valence-corrected chi connectivity index (χ2v) is 14.7. The number of aldehydes is 1. The first-order chi connectivity index (χ1) is 15.9. The number of allylic oxidation sites excluding steroid dienone is 2. The smallest absolute Gasteiger partial charge is 0.128 e. The minimum absolute atomic E-state index is 0.121. The standard InChI is InChI=1S/C31H50O3/c1-27(2)22-12-15-28(3)18-20-8-10-24-29(4,16-13-25(33)31(24,6)19-32)21(20)9-11-23(28)30(22,5)17-14-26(27)34-7/h18-19,21-26,33H,8-17H2,1-7H3/t21-,22-,23-,24+,25-,26-,28-,29+,30-,31-/m0/s1. The lowest BCUT2D eigenvalue weighted by Gasteiger charge is -2.63. The zero-order chi connectivity index (χ0) is 24.7. The van der Waals surface area contributed by atoms with E-state index in [1.54, 1.807) is 5.57 Å². The van der Waals surface area contributed by atoms with E-state index in [1.165, 1.54) is 38.5 Å². The Kier molecular flexibility index (Phi) is 5.82. The predicted molar refractivity (Wildman–Crippen MR) is 137 cm³/mol. The molecule has 0 heterocycles. The van der Waals surface area contributed by atoms with Gasteiger partial charge in [0.2, 0.25) is 0 Å². The molecule has 0 saturated heterocycles. The number of ether oxygens (including phenoxy) is 1. The van der Waals surface area contributed by atoms with E-state index in [-0.39, 0.29) is 22.2 Å². The van der Waals surface area contributed by atoms with Gasteiger partial charge in [0.05, 0.1) is 17.6 Å². The number of fused-ring (bicyclic) bond motifs is 6. The van der Waals surface area contributed by atoms with Crippen LogP contribution in [-0.2, 0) is 9.53 Å². The van der Waals surface area contributed by atoms with Gasteiger partial charge in [-0.1, -0.05) is 53.2 Å². The molecule has 192 valence electrons. The van der Waals surface area contributed by atoms with Crippen molar-refractivity contribution >= 4 is 6.29 Å². The lowest BCUT2D eigenvalue weighted by molar-refractivity contribution is -0.171. The summed E-state index contributed by atoms with van der Waals surface area (Å²) in [5.41, 5.74) is 2.07. The molecular formula is C31H50O3. The van der Waals surface area contributed by atoms with Crippen molar-refractivity contribution in [1.29, 1.82) is 0 Å². The van der Waals surface area contributed by atoms with Crippen molar-refractivity contribution in [3.8, 4) is 0 Å². The molecule has 5 rings (SSSR count). The minimum Gasteiger partial charge on any atom is -0.392 e. The van der Waals surface area contributed by atoms with Gasteiger partial charge in [-0.3, -0.25) is 0 Å². The van der Waals surface area contributed by atoms with Gasteiger partial charge in [0, 0.05) is 7.11 Å². The Morgan fingerprint density at radius 3 is 2.24 bits per heavy atom. The number of hydrogen-bond acceptors (Lipinski definition) is 3. The largest absolute Gasteiger partial charge is 0.392 e. The number of aliphatic hydroxyl groups excluding tert-OH is 1.